The van der Waals surface area contributed by atoms with E-state index in [4.69, 9.17) is 9.47 Å². The minimum Gasteiger partial charge on any atom is -0.457 e. The number of carbonyl (C=O) groups excluding carboxylic acids is 2. The fraction of sp³-hybridized carbons (Fsp3) is 0.0800. The Bertz CT molecular complexity index is 1380. The fourth-order valence-corrected chi connectivity index (χ4v) is 2.98. The van der Waals surface area contributed by atoms with Gasteiger partial charge in [0.15, 0.2) is 0 Å². The number of nitrogens with zero attached hydrogens (tertiary/aromatic N) is 3. The highest BCUT2D eigenvalue weighted by Crippen LogP contribution is 2.30. The molecule has 0 aliphatic heterocycles. The van der Waals surface area contributed by atoms with Crippen LogP contribution >= 0.6 is 0 Å². The number of fused-ring (bicyclic) bond motifs is 1. The number of aromatic nitrogens is 3. The van der Waals surface area contributed by atoms with E-state index in [1.807, 2.05) is 0 Å². The van der Waals surface area contributed by atoms with Crippen LogP contribution in [0.25, 0.3) is 10.9 Å². The zero-order valence-corrected chi connectivity index (χ0v) is 18.1. The number of hydrogen-bond acceptors (Lipinski definition) is 7. The summed E-state index contributed by atoms with van der Waals surface area (Å²) in [5, 5.41) is 6.05. The average molecular weight is 453 g/mol. The maximum atomic E-state index is 12.4. The number of ether oxygens (including phenoxy) is 2. The average Bonchev–Trinajstić information content (AvgIpc) is 2.85. The van der Waals surface area contributed by atoms with Crippen LogP contribution in [0.4, 0.5) is 11.6 Å². The number of nitrogens with one attached hydrogen (secondary N) is 2. The van der Waals surface area contributed by atoms with E-state index in [0.717, 1.165) is 0 Å². The molecular weight excluding hydrogens is 434 g/mol. The van der Waals surface area contributed by atoms with Gasteiger partial charge in [-0.3, -0.25) is 19.9 Å². The molecule has 2 aromatic heterocycles. The SMILES string of the molecule is COCC#CC(=O)Nc1ccc2nccc(Oc3ccc(C(=O)Nc4ncccn4)cc3)c2c1. The molecule has 0 aliphatic rings. The Morgan fingerprint density at radius 3 is 2.50 bits per heavy atom. The predicted molar refractivity (Wildman–Crippen MR) is 127 cm³/mol. The van der Waals surface area contributed by atoms with Crippen LogP contribution in [0.2, 0.25) is 0 Å². The Balaban J connectivity index is 1.49. The van der Waals surface area contributed by atoms with Crippen LogP contribution in [0.1, 0.15) is 10.4 Å². The number of amides is 2. The van der Waals surface area contributed by atoms with E-state index >= 15 is 0 Å². The summed E-state index contributed by atoms with van der Waals surface area (Å²) >= 11 is 0. The molecule has 168 valence electrons. The van der Waals surface area contributed by atoms with Crippen LogP contribution in [0, 0.1) is 11.8 Å². The van der Waals surface area contributed by atoms with E-state index in [0.29, 0.717) is 33.7 Å². The lowest BCUT2D eigenvalue weighted by Crippen LogP contribution is -2.13. The Kier molecular flexibility index (Phi) is 7.03. The molecule has 34 heavy (non-hydrogen) atoms. The van der Waals surface area contributed by atoms with Crippen LogP contribution < -0.4 is 15.4 Å². The van der Waals surface area contributed by atoms with Crippen molar-refractivity contribution in [3.05, 3.63) is 78.8 Å². The van der Waals surface area contributed by atoms with Gasteiger partial charge in [0.05, 0.1) is 5.52 Å². The van der Waals surface area contributed by atoms with Gasteiger partial charge in [-0.05, 0) is 60.5 Å². The Morgan fingerprint density at radius 1 is 0.941 bits per heavy atom. The van der Waals surface area contributed by atoms with E-state index in [1.54, 1.807) is 73.2 Å². The second kappa shape index (κ2) is 10.7. The highest BCUT2D eigenvalue weighted by molar-refractivity contribution is 6.05. The number of pyridine rings is 1. The molecule has 9 heteroatoms. The molecule has 0 fully saturated rings. The largest absolute Gasteiger partial charge is 0.457 e. The summed E-state index contributed by atoms with van der Waals surface area (Å²) in [6.45, 7) is 0.174. The molecule has 0 saturated carbocycles. The van der Waals surface area contributed by atoms with Crippen molar-refractivity contribution in [2.45, 2.75) is 0 Å². The minimum absolute atomic E-state index is 0.174. The molecule has 0 spiro atoms. The molecule has 0 bridgehead atoms. The van der Waals surface area contributed by atoms with Gasteiger partial charge in [-0.15, -0.1) is 0 Å². The van der Waals surface area contributed by atoms with Crippen molar-refractivity contribution in [2.24, 2.45) is 0 Å². The zero-order valence-electron chi connectivity index (χ0n) is 18.1. The number of carbonyl (C=O) groups is 2. The molecule has 2 amide bonds. The van der Waals surface area contributed by atoms with Gasteiger partial charge >= 0.3 is 0 Å². The summed E-state index contributed by atoms with van der Waals surface area (Å²) in [4.78, 5) is 36.6. The molecule has 2 aromatic carbocycles. The summed E-state index contributed by atoms with van der Waals surface area (Å²) < 4.78 is 10.8. The molecule has 2 heterocycles. The monoisotopic (exact) mass is 453 g/mol. The van der Waals surface area contributed by atoms with E-state index < -0.39 is 5.91 Å². The fourth-order valence-electron chi connectivity index (χ4n) is 2.98. The first kappa shape index (κ1) is 22.4. The smallest absolute Gasteiger partial charge is 0.300 e. The molecule has 0 atom stereocenters. The maximum Gasteiger partial charge on any atom is 0.300 e. The summed E-state index contributed by atoms with van der Waals surface area (Å²) in [6, 6.07) is 15.3. The molecule has 0 saturated heterocycles. The van der Waals surface area contributed by atoms with Gasteiger partial charge in [0.25, 0.3) is 11.8 Å². The highest BCUT2D eigenvalue weighted by Gasteiger charge is 2.10. The third kappa shape index (κ3) is 5.70. The Labute approximate surface area is 195 Å². The van der Waals surface area contributed by atoms with Gasteiger partial charge in [0.2, 0.25) is 5.95 Å². The van der Waals surface area contributed by atoms with E-state index in [2.05, 4.69) is 37.4 Å². The molecule has 9 nitrogen and oxygen atoms in total. The molecule has 2 N–H and O–H groups in total. The molecule has 0 aliphatic carbocycles. The van der Waals surface area contributed by atoms with Gasteiger partial charge in [-0.1, -0.05) is 5.92 Å². The van der Waals surface area contributed by atoms with Gasteiger partial charge in [0, 0.05) is 42.3 Å². The van der Waals surface area contributed by atoms with E-state index in [9.17, 15) is 9.59 Å². The van der Waals surface area contributed by atoms with Crippen molar-refractivity contribution in [3.8, 4) is 23.3 Å². The normalized spacial score (nSPS) is 10.1. The zero-order chi connectivity index (χ0) is 23.8. The topological polar surface area (TPSA) is 115 Å². The van der Waals surface area contributed by atoms with Crippen molar-refractivity contribution in [3.63, 3.8) is 0 Å². The number of anilines is 2. The molecule has 4 rings (SSSR count). The van der Waals surface area contributed by atoms with Crippen LogP contribution in [-0.4, -0.2) is 40.5 Å². The summed E-state index contributed by atoms with van der Waals surface area (Å²) in [5.74, 6) is 5.57. The van der Waals surface area contributed by atoms with Crippen molar-refractivity contribution in [2.75, 3.05) is 24.4 Å². The van der Waals surface area contributed by atoms with Crippen molar-refractivity contribution in [1.29, 1.82) is 0 Å². The quantitative estimate of drug-likeness (QED) is 0.428. The Hall–Kier alpha value is -4.81. The first-order valence-electron chi connectivity index (χ1n) is 10.2. The predicted octanol–water partition coefficient (Wildman–Crippen LogP) is 3.66. The van der Waals surface area contributed by atoms with Crippen LogP contribution in [0.5, 0.6) is 11.5 Å². The second-order valence-corrected chi connectivity index (χ2v) is 6.88. The summed E-state index contributed by atoms with van der Waals surface area (Å²) in [5.41, 5.74) is 1.68. The van der Waals surface area contributed by atoms with Crippen molar-refractivity contribution in [1.82, 2.24) is 15.0 Å². The molecular formula is C25H19N5O4. The lowest BCUT2D eigenvalue weighted by Gasteiger charge is -2.10. The number of rotatable bonds is 6. The van der Waals surface area contributed by atoms with Gasteiger partial charge < -0.3 is 14.8 Å². The summed E-state index contributed by atoms with van der Waals surface area (Å²) in [6.07, 6.45) is 4.72. The Morgan fingerprint density at radius 2 is 1.74 bits per heavy atom. The van der Waals surface area contributed by atoms with Crippen LogP contribution in [-0.2, 0) is 9.53 Å². The van der Waals surface area contributed by atoms with Gasteiger partial charge in [-0.25, -0.2) is 9.97 Å². The van der Waals surface area contributed by atoms with Gasteiger partial charge in [-0.2, -0.15) is 0 Å². The lowest BCUT2D eigenvalue weighted by molar-refractivity contribution is -0.111. The van der Waals surface area contributed by atoms with E-state index in [-0.39, 0.29) is 18.5 Å². The van der Waals surface area contributed by atoms with E-state index in [1.165, 1.54) is 7.11 Å². The number of benzene rings is 2. The third-order valence-corrected chi connectivity index (χ3v) is 4.51. The summed E-state index contributed by atoms with van der Waals surface area (Å²) in [7, 11) is 1.51. The highest BCUT2D eigenvalue weighted by atomic mass is 16.5. The molecule has 0 unspecified atom stereocenters. The first-order chi connectivity index (χ1) is 16.6. The molecule has 4 aromatic rings. The maximum absolute atomic E-state index is 12.4. The van der Waals surface area contributed by atoms with Crippen LogP contribution in [0.3, 0.4) is 0 Å². The first-order valence-corrected chi connectivity index (χ1v) is 10.2. The lowest BCUT2D eigenvalue weighted by atomic mass is 10.1. The minimum atomic E-state index is -0.447. The third-order valence-electron chi connectivity index (χ3n) is 4.51. The van der Waals surface area contributed by atoms with Crippen LogP contribution in [0.15, 0.2) is 73.2 Å². The number of hydrogen-bond donors (Lipinski definition) is 2. The van der Waals surface area contributed by atoms with Crippen molar-refractivity contribution < 1.29 is 19.1 Å². The van der Waals surface area contributed by atoms with Crippen molar-refractivity contribution >= 4 is 34.4 Å². The molecule has 0 radical (unpaired) electrons. The standard InChI is InChI=1S/C25H19N5O4/c1-33-15-2-4-23(31)29-18-7-10-21-20(16-18)22(11-14-26-21)34-19-8-5-17(6-9-19)24(32)30-25-27-12-3-13-28-25/h3,5-14,16H,15H2,1H3,(H,29,31)(H,27,28,30,32). The second-order valence-electron chi connectivity index (χ2n) is 6.88. The van der Waals surface area contributed by atoms with Gasteiger partial charge in [0.1, 0.15) is 18.1 Å². The number of methoxy groups -OCH3 is 1.